The van der Waals surface area contributed by atoms with Crippen molar-refractivity contribution in [3.63, 3.8) is 0 Å². The van der Waals surface area contributed by atoms with Crippen LogP contribution in [0.2, 0.25) is 0 Å². The molecule has 1 saturated heterocycles. The molecule has 0 radical (unpaired) electrons. The van der Waals surface area contributed by atoms with Crippen molar-refractivity contribution in [1.29, 1.82) is 0 Å². The van der Waals surface area contributed by atoms with E-state index in [1.165, 1.54) is 5.51 Å². The van der Waals surface area contributed by atoms with Crippen molar-refractivity contribution in [1.82, 2.24) is 14.6 Å². The van der Waals surface area contributed by atoms with E-state index in [-0.39, 0.29) is 10.8 Å². The average molecular weight is 335 g/mol. The average Bonchev–Trinajstić information content (AvgIpc) is 2.95. The first-order valence-corrected chi connectivity index (χ1v) is 8.83. The third kappa shape index (κ3) is 4.45. The number of morpholine rings is 1. The second-order valence-corrected chi connectivity index (χ2v) is 7.32. The Labute approximate surface area is 126 Å². The number of hydrogen-bond donors (Lipinski definition) is 2. The number of hydrogen-bond acceptors (Lipinski definition) is 7. The molecule has 1 fully saturated rings. The second kappa shape index (κ2) is 7.27. The van der Waals surface area contributed by atoms with Crippen molar-refractivity contribution >= 4 is 27.3 Å². The van der Waals surface area contributed by atoms with Crippen molar-refractivity contribution in [2.75, 3.05) is 39.4 Å². The zero-order chi connectivity index (χ0) is 15.3. The van der Waals surface area contributed by atoms with E-state index in [4.69, 9.17) is 9.84 Å². The molecule has 0 saturated carbocycles. The summed E-state index contributed by atoms with van der Waals surface area (Å²) in [6, 6.07) is 0. The van der Waals surface area contributed by atoms with Gasteiger partial charge in [0.2, 0.25) is 0 Å². The summed E-state index contributed by atoms with van der Waals surface area (Å²) in [5.74, 6) is -1.34. The number of sulfonamides is 1. The van der Waals surface area contributed by atoms with Crippen molar-refractivity contribution in [2.45, 2.75) is 10.6 Å². The summed E-state index contributed by atoms with van der Waals surface area (Å²) in [5, 5.41) is 8.89. The number of carboxylic acids is 1. The Balaban J connectivity index is 1.83. The molecule has 118 valence electrons. The molecule has 0 aromatic carbocycles. The Morgan fingerprint density at radius 3 is 2.86 bits per heavy atom. The maximum Gasteiger partial charge on any atom is 0.356 e. The van der Waals surface area contributed by atoms with Gasteiger partial charge in [-0.2, -0.15) is 0 Å². The second-order valence-electron chi connectivity index (χ2n) is 4.50. The fraction of sp³-hybridized carbons (Fsp3) is 0.636. The van der Waals surface area contributed by atoms with Crippen LogP contribution in [-0.4, -0.2) is 68.8 Å². The van der Waals surface area contributed by atoms with Crippen molar-refractivity contribution < 1.29 is 23.1 Å². The number of nitrogens with one attached hydrogen (secondary N) is 1. The summed E-state index contributed by atoms with van der Waals surface area (Å²) < 4.78 is 31.5. The van der Waals surface area contributed by atoms with Crippen LogP contribution < -0.4 is 4.72 Å². The summed E-state index contributed by atoms with van der Waals surface area (Å²) in [6.45, 7) is 4.15. The fourth-order valence-electron chi connectivity index (χ4n) is 1.97. The number of thiazole rings is 1. The highest BCUT2D eigenvalue weighted by Gasteiger charge is 2.25. The highest BCUT2D eigenvalue weighted by molar-refractivity contribution is 7.91. The van der Waals surface area contributed by atoms with Crippen LogP contribution >= 0.6 is 11.3 Å². The van der Waals surface area contributed by atoms with E-state index in [2.05, 4.69) is 14.6 Å². The van der Waals surface area contributed by atoms with Gasteiger partial charge in [0, 0.05) is 19.6 Å². The van der Waals surface area contributed by atoms with Crippen LogP contribution in [0.25, 0.3) is 0 Å². The Morgan fingerprint density at radius 1 is 1.48 bits per heavy atom. The molecule has 0 bridgehead atoms. The SMILES string of the molecule is O=C(O)c1ncsc1S(=O)(=O)NCCCN1CCOCC1. The number of aromatic carboxylic acids is 1. The molecule has 0 unspecified atom stereocenters. The van der Waals surface area contributed by atoms with E-state index in [1.54, 1.807) is 0 Å². The van der Waals surface area contributed by atoms with Gasteiger partial charge in [0.25, 0.3) is 10.0 Å². The van der Waals surface area contributed by atoms with Gasteiger partial charge in [-0.05, 0) is 13.0 Å². The normalized spacial score (nSPS) is 17.0. The van der Waals surface area contributed by atoms with E-state index in [1.807, 2.05) is 0 Å². The molecule has 1 aliphatic rings. The van der Waals surface area contributed by atoms with Crippen LogP contribution in [0.1, 0.15) is 16.9 Å². The summed E-state index contributed by atoms with van der Waals surface area (Å²) in [5.41, 5.74) is 0.784. The lowest BCUT2D eigenvalue weighted by atomic mass is 10.3. The third-order valence-electron chi connectivity index (χ3n) is 3.03. The summed E-state index contributed by atoms with van der Waals surface area (Å²) in [7, 11) is -3.81. The van der Waals surface area contributed by atoms with Crippen molar-refractivity contribution in [3.05, 3.63) is 11.2 Å². The van der Waals surface area contributed by atoms with Gasteiger partial charge in [0.05, 0.1) is 18.7 Å². The van der Waals surface area contributed by atoms with Gasteiger partial charge in [-0.3, -0.25) is 4.90 Å². The molecular weight excluding hydrogens is 318 g/mol. The number of aromatic nitrogens is 1. The molecular formula is C11H17N3O5S2. The van der Waals surface area contributed by atoms with Gasteiger partial charge in [0.15, 0.2) is 9.90 Å². The summed E-state index contributed by atoms with van der Waals surface area (Å²) >= 11 is 0.802. The third-order valence-corrected chi connectivity index (χ3v) is 5.86. The van der Waals surface area contributed by atoms with Crippen molar-refractivity contribution in [2.24, 2.45) is 0 Å². The molecule has 2 heterocycles. The van der Waals surface area contributed by atoms with Crippen LogP contribution in [0.5, 0.6) is 0 Å². The van der Waals surface area contributed by atoms with Gasteiger partial charge in [0.1, 0.15) is 0 Å². The number of nitrogens with zero attached hydrogens (tertiary/aromatic N) is 2. The monoisotopic (exact) mass is 335 g/mol. The van der Waals surface area contributed by atoms with E-state index >= 15 is 0 Å². The molecule has 0 amide bonds. The topological polar surface area (TPSA) is 109 Å². The van der Waals surface area contributed by atoms with Crippen LogP contribution in [-0.2, 0) is 14.8 Å². The number of carboxylic acid groups (broad SMARTS) is 1. The maximum atomic E-state index is 12.0. The molecule has 0 spiro atoms. The molecule has 0 atom stereocenters. The van der Waals surface area contributed by atoms with E-state index in [0.717, 1.165) is 31.0 Å². The number of ether oxygens (including phenoxy) is 1. The van der Waals surface area contributed by atoms with Crippen LogP contribution in [0, 0.1) is 0 Å². The van der Waals surface area contributed by atoms with Gasteiger partial charge < -0.3 is 9.84 Å². The molecule has 2 N–H and O–H groups in total. The van der Waals surface area contributed by atoms with Gasteiger partial charge in [-0.1, -0.05) is 0 Å². The van der Waals surface area contributed by atoms with Crippen LogP contribution in [0.3, 0.4) is 0 Å². The summed E-state index contributed by atoms with van der Waals surface area (Å²) in [6.07, 6.45) is 0.653. The lowest BCUT2D eigenvalue weighted by molar-refractivity contribution is 0.0376. The zero-order valence-electron chi connectivity index (χ0n) is 11.3. The minimum atomic E-state index is -3.81. The fourth-order valence-corrected chi connectivity index (χ4v) is 4.22. The number of carbonyl (C=O) groups is 1. The standard InChI is InChI=1S/C11H17N3O5S2/c15-10(16)9-11(20-8-12-9)21(17,18)13-2-1-3-14-4-6-19-7-5-14/h8,13H,1-7H2,(H,15,16). The minimum absolute atomic E-state index is 0.249. The first-order chi connectivity index (χ1) is 10.0. The van der Waals surface area contributed by atoms with E-state index in [0.29, 0.717) is 19.6 Å². The molecule has 10 heteroatoms. The minimum Gasteiger partial charge on any atom is -0.476 e. The zero-order valence-corrected chi connectivity index (χ0v) is 13.0. The lowest BCUT2D eigenvalue weighted by Crippen LogP contribution is -2.38. The van der Waals surface area contributed by atoms with Gasteiger partial charge in [-0.15, -0.1) is 11.3 Å². The van der Waals surface area contributed by atoms with Crippen LogP contribution in [0.15, 0.2) is 9.72 Å². The first kappa shape index (κ1) is 16.3. The maximum absolute atomic E-state index is 12.0. The molecule has 8 nitrogen and oxygen atoms in total. The molecule has 2 rings (SSSR count). The van der Waals surface area contributed by atoms with Gasteiger partial charge >= 0.3 is 5.97 Å². The first-order valence-electron chi connectivity index (χ1n) is 6.47. The van der Waals surface area contributed by atoms with E-state index < -0.39 is 21.7 Å². The molecule has 1 aromatic rings. The Morgan fingerprint density at radius 2 is 2.19 bits per heavy atom. The Kier molecular flexibility index (Phi) is 5.65. The van der Waals surface area contributed by atoms with Crippen molar-refractivity contribution in [3.8, 4) is 0 Å². The van der Waals surface area contributed by atoms with E-state index in [9.17, 15) is 13.2 Å². The molecule has 1 aromatic heterocycles. The predicted molar refractivity (Wildman–Crippen MR) is 76.1 cm³/mol. The van der Waals surface area contributed by atoms with Gasteiger partial charge in [-0.25, -0.2) is 22.9 Å². The molecule has 1 aliphatic heterocycles. The quantitative estimate of drug-likeness (QED) is 0.667. The smallest absolute Gasteiger partial charge is 0.356 e. The largest absolute Gasteiger partial charge is 0.476 e. The van der Waals surface area contributed by atoms with Crippen LogP contribution in [0.4, 0.5) is 0 Å². The Hall–Kier alpha value is -1.07. The lowest BCUT2D eigenvalue weighted by Gasteiger charge is -2.26. The Bertz CT molecular complexity index is 580. The molecule has 0 aliphatic carbocycles. The summed E-state index contributed by atoms with van der Waals surface area (Å²) in [4.78, 5) is 16.7. The molecule has 21 heavy (non-hydrogen) atoms. The number of rotatable bonds is 7. The predicted octanol–water partition coefficient (Wildman–Crippen LogP) is -0.158. The highest BCUT2D eigenvalue weighted by atomic mass is 32.2. The highest BCUT2D eigenvalue weighted by Crippen LogP contribution is 2.19.